The molecule has 3 nitrogen and oxygen atoms in total. The summed E-state index contributed by atoms with van der Waals surface area (Å²) in [7, 11) is 1.46. The largest absolute Gasteiger partial charge is 0.494 e. The molecular formula is C13H19FN2O. The van der Waals surface area contributed by atoms with Crippen LogP contribution in [0, 0.1) is 11.7 Å². The Morgan fingerprint density at radius 3 is 2.71 bits per heavy atom. The van der Waals surface area contributed by atoms with Gasteiger partial charge in [0.25, 0.3) is 0 Å². The summed E-state index contributed by atoms with van der Waals surface area (Å²) < 4.78 is 18.5. The van der Waals surface area contributed by atoms with Gasteiger partial charge in [-0.2, -0.15) is 0 Å². The lowest BCUT2D eigenvalue weighted by Crippen LogP contribution is -2.33. The van der Waals surface area contributed by atoms with Crippen molar-refractivity contribution in [2.75, 3.05) is 20.2 Å². The minimum Gasteiger partial charge on any atom is -0.494 e. The summed E-state index contributed by atoms with van der Waals surface area (Å²) in [5.41, 5.74) is 7.05. The predicted molar refractivity (Wildman–Crippen MR) is 65.5 cm³/mol. The molecule has 1 aromatic carbocycles. The van der Waals surface area contributed by atoms with Gasteiger partial charge >= 0.3 is 0 Å². The molecule has 4 heteroatoms. The first-order valence-corrected chi connectivity index (χ1v) is 6.02. The summed E-state index contributed by atoms with van der Waals surface area (Å²) in [4.78, 5) is 0. The van der Waals surface area contributed by atoms with E-state index in [2.05, 4.69) is 5.32 Å². The van der Waals surface area contributed by atoms with Crippen LogP contribution >= 0.6 is 0 Å². The molecule has 0 aliphatic carbocycles. The normalized spacial score (nSPS) is 19.0. The molecule has 1 aliphatic heterocycles. The fourth-order valence-electron chi connectivity index (χ4n) is 2.37. The zero-order valence-corrected chi connectivity index (χ0v) is 10.1. The topological polar surface area (TPSA) is 47.3 Å². The molecular weight excluding hydrogens is 219 g/mol. The number of rotatable bonds is 3. The highest BCUT2D eigenvalue weighted by Gasteiger charge is 2.22. The van der Waals surface area contributed by atoms with E-state index < -0.39 is 0 Å². The molecule has 0 amide bonds. The Morgan fingerprint density at radius 2 is 2.12 bits per heavy atom. The van der Waals surface area contributed by atoms with Crippen LogP contribution in [0.1, 0.15) is 24.4 Å². The maximum Gasteiger partial charge on any atom is 0.165 e. The van der Waals surface area contributed by atoms with Crippen molar-refractivity contribution in [1.29, 1.82) is 0 Å². The van der Waals surface area contributed by atoms with Gasteiger partial charge in [0.15, 0.2) is 11.6 Å². The second-order valence-electron chi connectivity index (χ2n) is 4.51. The molecule has 0 spiro atoms. The van der Waals surface area contributed by atoms with Gasteiger partial charge in [0, 0.05) is 6.04 Å². The van der Waals surface area contributed by atoms with Gasteiger partial charge < -0.3 is 15.8 Å². The van der Waals surface area contributed by atoms with Gasteiger partial charge in [0.1, 0.15) is 0 Å². The highest BCUT2D eigenvalue weighted by molar-refractivity contribution is 5.31. The monoisotopic (exact) mass is 238 g/mol. The minimum absolute atomic E-state index is 0.0856. The summed E-state index contributed by atoms with van der Waals surface area (Å²) in [6.45, 7) is 1.99. The Labute approximate surface area is 101 Å². The molecule has 0 aromatic heterocycles. The van der Waals surface area contributed by atoms with E-state index in [9.17, 15) is 4.39 Å². The van der Waals surface area contributed by atoms with E-state index in [1.807, 2.05) is 6.07 Å². The number of hydrogen-bond donors (Lipinski definition) is 2. The molecule has 0 saturated carbocycles. The van der Waals surface area contributed by atoms with Crippen LogP contribution in [0.3, 0.4) is 0 Å². The first-order chi connectivity index (χ1) is 8.22. The summed E-state index contributed by atoms with van der Waals surface area (Å²) >= 11 is 0. The molecule has 1 aromatic rings. The van der Waals surface area contributed by atoms with Gasteiger partial charge in [-0.3, -0.25) is 0 Å². The van der Waals surface area contributed by atoms with Crippen LogP contribution in [0.2, 0.25) is 0 Å². The highest BCUT2D eigenvalue weighted by atomic mass is 19.1. The Balaban J connectivity index is 2.12. The maximum absolute atomic E-state index is 13.6. The third-order valence-corrected chi connectivity index (χ3v) is 3.45. The van der Waals surface area contributed by atoms with Crippen molar-refractivity contribution >= 4 is 0 Å². The number of hydrogen-bond acceptors (Lipinski definition) is 3. The van der Waals surface area contributed by atoms with E-state index in [0.29, 0.717) is 5.92 Å². The first-order valence-electron chi connectivity index (χ1n) is 6.02. The molecule has 1 aliphatic rings. The van der Waals surface area contributed by atoms with Crippen molar-refractivity contribution in [1.82, 2.24) is 5.32 Å². The van der Waals surface area contributed by atoms with Crippen molar-refractivity contribution in [3.63, 3.8) is 0 Å². The fourth-order valence-corrected chi connectivity index (χ4v) is 2.37. The van der Waals surface area contributed by atoms with Crippen molar-refractivity contribution in [2.45, 2.75) is 18.9 Å². The van der Waals surface area contributed by atoms with Crippen molar-refractivity contribution in [3.05, 3.63) is 29.6 Å². The van der Waals surface area contributed by atoms with Crippen molar-refractivity contribution in [2.24, 2.45) is 11.7 Å². The predicted octanol–water partition coefficient (Wildman–Crippen LogP) is 1.83. The van der Waals surface area contributed by atoms with E-state index in [1.165, 1.54) is 13.2 Å². The summed E-state index contributed by atoms with van der Waals surface area (Å²) in [5.74, 6) is 0.365. The molecule has 0 radical (unpaired) electrons. The molecule has 1 heterocycles. The minimum atomic E-state index is -0.339. The van der Waals surface area contributed by atoms with Gasteiger partial charge in [0.05, 0.1) is 7.11 Å². The Bertz CT molecular complexity index is 378. The molecule has 0 unspecified atom stereocenters. The van der Waals surface area contributed by atoms with E-state index in [1.54, 1.807) is 6.07 Å². The Hall–Kier alpha value is -1.13. The lowest BCUT2D eigenvalue weighted by atomic mass is 9.86. The number of halogens is 1. The molecule has 2 rings (SSSR count). The number of nitrogens with two attached hydrogens (primary N) is 1. The van der Waals surface area contributed by atoms with Crippen molar-refractivity contribution < 1.29 is 9.13 Å². The first kappa shape index (κ1) is 12.3. The van der Waals surface area contributed by atoms with Crippen LogP contribution in [-0.2, 0) is 0 Å². The van der Waals surface area contributed by atoms with Crippen LogP contribution in [0.4, 0.5) is 4.39 Å². The van der Waals surface area contributed by atoms with Crippen LogP contribution in [-0.4, -0.2) is 20.2 Å². The lowest BCUT2D eigenvalue weighted by Gasteiger charge is -2.28. The van der Waals surface area contributed by atoms with E-state index in [-0.39, 0.29) is 17.6 Å². The third kappa shape index (κ3) is 2.76. The van der Waals surface area contributed by atoms with Crippen molar-refractivity contribution in [3.8, 4) is 5.75 Å². The highest BCUT2D eigenvalue weighted by Crippen LogP contribution is 2.29. The SMILES string of the molecule is COc1ccc([C@H](N)C2CCNCC2)cc1F. The van der Waals surface area contributed by atoms with Crippen LogP contribution in [0.15, 0.2) is 18.2 Å². The molecule has 3 N–H and O–H groups in total. The Morgan fingerprint density at radius 1 is 1.41 bits per heavy atom. The third-order valence-electron chi connectivity index (χ3n) is 3.45. The van der Waals surface area contributed by atoms with E-state index >= 15 is 0 Å². The molecule has 1 atom stereocenters. The number of methoxy groups -OCH3 is 1. The standard InChI is InChI=1S/C13H19FN2O/c1-17-12-3-2-10(8-11(12)14)13(15)9-4-6-16-7-5-9/h2-3,8-9,13,16H,4-7,15H2,1H3/t13-/m1/s1. The summed E-state index contributed by atoms with van der Waals surface area (Å²) in [6.07, 6.45) is 2.10. The summed E-state index contributed by atoms with van der Waals surface area (Å²) in [5, 5.41) is 3.30. The van der Waals surface area contributed by atoms with Gasteiger partial charge in [-0.05, 0) is 49.5 Å². The average molecular weight is 238 g/mol. The zero-order chi connectivity index (χ0) is 12.3. The second kappa shape index (κ2) is 5.47. The lowest BCUT2D eigenvalue weighted by molar-refractivity contribution is 0.320. The van der Waals surface area contributed by atoms with Gasteiger partial charge in [-0.25, -0.2) is 4.39 Å². The molecule has 94 valence electrons. The summed E-state index contributed by atoms with van der Waals surface area (Å²) in [6, 6.07) is 4.91. The molecule has 1 saturated heterocycles. The number of ether oxygens (including phenoxy) is 1. The van der Waals surface area contributed by atoms with Crippen LogP contribution in [0.5, 0.6) is 5.75 Å². The fraction of sp³-hybridized carbons (Fsp3) is 0.538. The average Bonchev–Trinajstić information content (AvgIpc) is 2.39. The molecule has 17 heavy (non-hydrogen) atoms. The number of benzene rings is 1. The van der Waals surface area contributed by atoms with Crippen LogP contribution in [0.25, 0.3) is 0 Å². The van der Waals surface area contributed by atoms with Gasteiger partial charge in [-0.15, -0.1) is 0 Å². The van der Waals surface area contributed by atoms with E-state index in [4.69, 9.17) is 10.5 Å². The van der Waals surface area contributed by atoms with E-state index in [0.717, 1.165) is 31.5 Å². The Kier molecular flexibility index (Phi) is 3.97. The molecule has 1 fully saturated rings. The molecule has 0 bridgehead atoms. The number of piperidine rings is 1. The number of nitrogens with one attached hydrogen (secondary N) is 1. The van der Waals surface area contributed by atoms with Gasteiger partial charge in [-0.1, -0.05) is 6.07 Å². The second-order valence-corrected chi connectivity index (χ2v) is 4.51. The van der Waals surface area contributed by atoms with Gasteiger partial charge in [0.2, 0.25) is 0 Å². The van der Waals surface area contributed by atoms with Crippen LogP contribution < -0.4 is 15.8 Å². The zero-order valence-electron chi connectivity index (χ0n) is 10.1. The quantitative estimate of drug-likeness (QED) is 0.844. The maximum atomic E-state index is 13.6. The smallest absolute Gasteiger partial charge is 0.165 e.